The first-order valence-corrected chi connectivity index (χ1v) is 8.07. The predicted molar refractivity (Wildman–Crippen MR) is 88.7 cm³/mol. The van der Waals surface area contributed by atoms with Gasteiger partial charge in [-0.05, 0) is 37.6 Å². The zero-order chi connectivity index (χ0) is 16.3. The van der Waals surface area contributed by atoms with Gasteiger partial charge in [0, 0.05) is 30.2 Å². The highest BCUT2D eigenvalue weighted by molar-refractivity contribution is 9.10. The zero-order valence-corrected chi connectivity index (χ0v) is 14.6. The molecule has 1 N–H and O–H groups in total. The Morgan fingerprint density at radius 2 is 2.27 bits per heavy atom. The second kappa shape index (κ2) is 7.24. The average molecular weight is 369 g/mol. The molecular formula is C16H21BrN2O3. The van der Waals surface area contributed by atoms with Crippen LogP contribution in [0.15, 0.2) is 22.7 Å². The van der Waals surface area contributed by atoms with Gasteiger partial charge in [-0.3, -0.25) is 9.59 Å². The molecule has 0 aliphatic carbocycles. The molecule has 1 aromatic rings. The number of nitrogens with zero attached hydrogens (tertiary/aromatic N) is 1. The molecule has 2 atom stereocenters. The first kappa shape index (κ1) is 17.0. The van der Waals surface area contributed by atoms with E-state index in [1.807, 2.05) is 32.0 Å². The number of hydrogen-bond acceptors (Lipinski definition) is 3. The lowest BCUT2D eigenvalue weighted by molar-refractivity contribution is -0.130. The topological polar surface area (TPSA) is 58.6 Å². The molecule has 1 heterocycles. The lowest BCUT2D eigenvalue weighted by Crippen LogP contribution is -2.38. The van der Waals surface area contributed by atoms with Gasteiger partial charge in [-0.1, -0.05) is 15.9 Å². The van der Waals surface area contributed by atoms with Gasteiger partial charge in [0.1, 0.15) is 0 Å². The summed E-state index contributed by atoms with van der Waals surface area (Å²) in [6.45, 7) is 4.80. The Morgan fingerprint density at radius 3 is 2.91 bits per heavy atom. The summed E-state index contributed by atoms with van der Waals surface area (Å²) < 4.78 is 6.05. The van der Waals surface area contributed by atoms with Crippen molar-refractivity contribution < 1.29 is 14.3 Å². The molecule has 6 heteroatoms. The van der Waals surface area contributed by atoms with E-state index in [1.54, 1.807) is 12.0 Å². The van der Waals surface area contributed by atoms with Crippen LogP contribution in [0.25, 0.3) is 0 Å². The van der Waals surface area contributed by atoms with Crippen LogP contribution in [0.2, 0.25) is 0 Å². The van der Waals surface area contributed by atoms with Crippen molar-refractivity contribution in [2.75, 3.05) is 25.6 Å². The van der Waals surface area contributed by atoms with Crippen molar-refractivity contribution in [2.45, 2.75) is 26.3 Å². The summed E-state index contributed by atoms with van der Waals surface area (Å²) in [5, 5.41) is 2.92. The Hall–Kier alpha value is -1.40. The van der Waals surface area contributed by atoms with E-state index in [4.69, 9.17) is 4.74 Å². The van der Waals surface area contributed by atoms with Crippen molar-refractivity contribution >= 4 is 33.4 Å². The molecule has 2 rings (SSSR count). The van der Waals surface area contributed by atoms with E-state index < -0.39 is 0 Å². The number of ether oxygens (including phenoxy) is 1. The Bertz CT molecular complexity index is 577. The van der Waals surface area contributed by atoms with E-state index >= 15 is 0 Å². The summed E-state index contributed by atoms with van der Waals surface area (Å²) in [4.78, 5) is 26.2. The third-order valence-corrected chi connectivity index (χ3v) is 4.41. The number of nitrogens with one attached hydrogen (secondary N) is 1. The molecule has 0 radical (unpaired) electrons. The number of likely N-dealkylation sites (tertiary alicyclic amines) is 1. The molecular weight excluding hydrogens is 348 g/mol. The number of rotatable bonds is 5. The molecule has 22 heavy (non-hydrogen) atoms. The number of hydrogen-bond donors (Lipinski definition) is 1. The normalized spacial score (nSPS) is 19.4. The van der Waals surface area contributed by atoms with Crippen LogP contribution in [0.1, 0.15) is 18.9 Å². The van der Waals surface area contributed by atoms with Crippen LogP contribution in [0.5, 0.6) is 0 Å². The fourth-order valence-corrected chi connectivity index (χ4v) is 3.14. The largest absolute Gasteiger partial charge is 0.383 e. The summed E-state index contributed by atoms with van der Waals surface area (Å²) in [5.74, 6) is -0.405. The van der Waals surface area contributed by atoms with Gasteiger partial charge >= 0.3 is 0 Å². The van der Waals surface area contributed by atoms with Crippen LogP contribution >= 0.6 is 15.9 Å². The van der Waals surface area contributed by atoms with Crippen molar-refractivity contribution in [3.63, 3.8) is 0 Å². The number of carbonyl (C=O) groups is 2. The summed E-state index contributed by atoms with van der Waals surface area (Å²) in [7, 11) is 1.61. The number of anilines is 1. The molecule has 0 unspecified atom stereocenters. The minimum Gasteiger partial charge on any atom is -0.383 e. The Morgan fingerprint density at radius 1 is 1.55 bits per heavy atom. The Labute approximate surface area is 139 Å². The predicted octanol–water partition coefficient (Wildman–Crippen LogP) is 2.58. The number of carbonyl (C=O) groups excluding carboxylic acids is 2. The number of amides is 2. The van der Waals surface area contributed by atoms with E-state index in [0.717, 1.165) is 15.7 Å². The Kier molecular flexibility index (Phi) is 5.58. The summed E-state index contributed by atoms with van der Waals surface area (Å²) in [6, 6.07) is 5.68. The SMILES string of the molecule is COC[C@H](C)N1C[C@H](C(=O)Nc2ccc(Br)cc2C)CC1=O. The van der Waals surface area contributed by atoms with Crippen LogP contribution in [0.3, 0.4) is 0 Å². The van der Waals surface area contributed by atoms with Crippen molar-refractivity contribution in [3.05, 3.63) is 28.2 Å². The van der Waals surface area contributed by atoms with Crippen LogP contribution in [0.4, 0.5) is 5.69 Å². The first-order valence-electron chi connectivity index (χ1n) is 7.27. The third-order valence-electron chi connectivity index (χ3n) is 3.92. The molecule has 0 aromatic heterocycles. The second-order valence-corrected chi connectivity index (χ2v) is 6.62. The molecule has 0 saturated carbocycles. The standard InChI is InChI=1S/C16H21BrN2O3/c1-10-6-13(17)4-5-14(10)18-16(21)12-7-15(20)19(8-12)11(2)9-22-3/h4-6,11-12H,7-9H2,1-3H3,(H,18,21)/t11-,12+/m0/s1. The van der Waals surface area contributed by atoms with Gasteiger partial charge in [0.2, 0.25) is 11.8 Å². The highest BCUT2D eigenvalue weighted by atomic mass is 79.9. The van der Waals surface area contributed by atoms with Gasteiger partial charge in [0.15, 0.2) is 0 Å². The van der Waals surface area contributed by atoms with Gasteiger partial charge in [-0.25, -0.2) is 0 Å². The molecule has 5 nitrogen and oxygen atoms in total. The average Bonchev–Trinajstić information content (AvgIpc) is 2.84. The van der Waals surface area contributed by atoms with E-state index in [2.05, 4.69) is 21.2 Å². The monoisotopic (exact) mass is 368 g/mol. The van der Waals surface area contributed by atoms with Crippen LogP contribution in [-0.4, -0.2) is 43.0 Å². The van der Waals surface area contributed by atoms with Crippen molar-refractivity contribution in [2.24, 2.45) is 5.92 Å². The maximum atomic E-state index is 12.4. The summed E-state index contributed by atoms with van der Waals surface area (Å²) >= 11 is 3.40. The first-order chi connectivity index (χ1) is 10.4. The highest BCUT2D eigenvalue weighted by Gasteiger charge is 2.36. The lowest BCUT2D eigenvalue weighted by atomic mass is 10.1. The molecule has 0 spiro atoms. The van der Waals surface area contributed by atoms with Gasteiger partial charge in [-0.2, -0.15) is 0 Å². The van der Waals surface area contributed by atoms with Gasteiger partial charge in [0.25, 0.3) is 0 Å². The molecule has 1 aliphatic rings. The summed E-state index contributed by atoms with van der Waals surface area (Å²) in [5.41, 5.74) is 1.76. The van der Waals surface area contributed by atoms with Crippen molar-refractivity contribution in [3.8, 4) is 0 Å². The molecule has 2 amide bonds. The van der Waals surface area contributed by atoms with Crippen molar-refractivity contribution in [1.29, 1.82) is 0 Å². The lowest BCUT2D eigenvalue weighted by Gasteiger charge is -2.24. The maximum absolute atomic E-state index is 12.4. The highest BCUT2D eigenvalue weighted by Crippen LogP contribution is 2.24. The molecule has 1 aliphatic heterocycles. The van der Waals surface area contributed by atoms with E-state index in [1.165, 1.54) is 0 Å². The fraction of sp³-hybridized carbons (Fsp3) is 0.500. The number of benzene rings is 1. The zero-order valence-electron chi connectivity index (χ0n) is 13.1. The smallest absolute Gasteiger partial charge is 0.229 e. The molecule has 1 aromatic carbocycles. The van der Waals surface area contributed by atoms with Gasteiger partial charge in [0.05, 0.1) is 18.6 Å². The van der Waals surface area contributed by atoms with Crippen LogP contribution < -0.4 is 5.32 Å². The number of methoxy groups -OCH3 is 1. The molecule has 0 bridgehead atoms. The minimum absolute atomic E-state index is 0.00952. The van der Waals surface area contributed by atoms with E-state index in [-0.39, 0.29) is 30.2 Å². The fourth-order valence-electron chi connectivity index (χ4n) is 2.67. The summed E-state index contributed by atoms with van der Waals surface area (Å²) in [6.07, 6.45) is 0.259. The number of halogens is 1. The van der Waals surface area contributed by atoms with E-state index in [0.29, 0.717) is 13.2 Å². The molecule has 1 saturated heterocycles. The van der Waals surface area contributed by atoms with Crippen LogP contribution in [0, 0.1) is 12.8 Å². The third kappa shape index (κ3) is 3.87. The van der Waals surface area contributed by atoms with Crippen LogP contribution in [-0.2, 0) is 14.3 Å². The maximum Gasteiger partial charge on any atom is 0.229 e. The van der Waals surface area contributed by atoms with Gasteiger partial charge < -0.3 is 15.0 Å². The van der Waals surface area contributed by atoms with E-state index in [9.17, 15) is 9.59 Å². The quantitative estimate of drug-likeness (QED) is 0.868. The molecule has 1 fully saturated rings. The number of aryl methyl sites for hydroxylation is 1. The minimum atomic E-state index is -0.310. The second-order valence-electron chi connectivity index (χ2n) is 5.70. The molecule has 120 valence electrons. The van der Waals surface area contributed by atoms with Gasteiger partial charge in [-0.15, -0.1) is 0 Å². The van der Waals surface area contributed by atoms with Crippen molar-refractivity contribution in [1.82, 2.24) is 4.90 Å². The Balaban J connectivity index is 2.00.